The number of unbranched alkanes of at least 4 members (excludes halogenated alkanes) is 6. The number of hydrogen-bond acceptors (Lipinski definition) is 2. The minimum Gasteiger partial charge on any atom is -0.487 e. The van der Waals surface area contributed by atoms with Gasteiger partial charge in [0, 0.05) is 17.3 Å². The van der Waals surface area contributed by atoms with Crippen LogP contribution in [0.15, 0.2) is 54.7 Å². The Morgan fingerprint density at radius 2 is 1.44 bits per heavy atom. The van der Waals surface area contributed by atoms with Gasteiger partial charge in [-0.25, -0.2) is 8.78 Å². The van der Waals surface area contributed by atoms with Crippen LogP contribution < -0.4 is 4.74 Å². The van der Waals surface area contributed by atoms with Gasteiger partial charge in [-0.05, 0) is 48.6 Å². The molecule has 0 saturated carbocycles. The average Bonchev–Trinajstić information content (AvgIpc) is 2.90. The quantitative estimate of drug-likeness (QED) is 0.195. The summed E-state index contributed by atoms with van der Waals surface area (Å²) in [6.07, 6.45) is 10.9. The fourth-order valence-corrected chi connectivity index (χ4v) is 4.24. The number of aryl methyl sites for hydroxylation is 1. The number of halogens is 3. The molecule has 0 bridgehead atoms. The Bertz CT molecular complexity index is 1050. The maximum absolute atomic E-state index is 14.8. The van der Waals surface area contributed by atoms with E-state index in [9.17, 15) is 13.2 Å². The maximum atomic E-state index is 14.8. The Balaban J connectivity index is 1.60. The van der Waals surface area contributed by atoms with Gasteiger partial charge in [0.1, 0.15) is 12.8 Å². The molecule has 1 atom stereocenters. The second-order valence-electron chi connectivity index (χ2n) is 9.44. The van der Waals surface area contributed by atoms with Crippen molar-refractivity contribution in [3.05, 3.63) is 71.9 Å². The molecule has 1 heterocycles. The van der Waals surface area contributed by atoms with E-state index in [0.29, 0.717) is 12.1 Å². The summed E-state index contributed by atoms with van der Waals surface area (Å²) in [5.41, 5.74) is 3.63. The molecule has 1 unspecified atom stereocenters. The van der Waals surface area contributed by atoms with E-state index in [1.165, 1.54) is 49.8 Å². The lowest BCUT2D eigenvalue weighted by Crippen LogP contribution is -2.13. The maximum Gasteiger partial charge on any atom is 0.201 e. The van der Waals surface area contributed by atoms with E-state index < -0.39 is 17.8 Å². The summed E-state index contributed by atoms with van der Waals surface area (Å²) in [6, 6.07) is 14.7. The predicted molar refractivity (Wildman–Crippen MR) is 142 cm³/mol. The summed E-state index contributed by atoms with van der Waals surface area (Å²) >= 11 is 0. The predicted octanol–water partition coefficient (Wildman–Crippen LogP) is 9.50. The molecule has 0 spiro atoms. The van der Waals surface area contributed by atoms with E-state index in [0.717, 1.165) is 36.8 Å². The van der Waals surface area contributed by atoms with Crippen LogP contribution in [0.1, 0.15) is 77.2 Å². The summed E-state index contributed by atoms with van der Waals surface area (Å²) in [5, 5.41) is 0. The van der Waals surface area contributed by atoms with Gasteiger partial charge in [-0.3, -0.25) is 4.98 Å². The largest absolute Gasteiger partial charge is 0.487 e. The van der Waals surface area contributed by atoms with Gasteiger partial charge in [0.05, 0.1) is 5.69 Å². The van der Waals surface area contributed by atoms with Crippen molar-refractivity contribution >= 4 is 0 Å². The smallest absolute Gasteiger partial charge is 0.201 e. The first-order valence-corrected chi connectivity index (χ1v) is 13.3. The van der Waals surface area contributed by atoms with Gasteiger partial charge in [-0.2, -0.15) is 4.39 Å². The Labute approximate surface area is 213 Å². The average molecular weight is 498 g/mol. The summed E-state index contributed by atoms with van der Waals surface area (Å²) in [4.78, 5) is 4.37. The lowest BCUT2D eigenvalue weighted by atomic mass is 10.0. The molecule has 3 rings (SSSR count). The number of aromatic nitrogens is 1. The van der Waals surface area contributed by atoms with Crippen molar-refractivity contribution in [3.8, 4) is 28.1 Å². The summed E-state index contributed by atoms with van der Waals surface area (Å²) in [5.74, 6) is -2.45. The number of benzene rings is 2. The third kappa shape index (κ3) is 8.11. The van der Waals surface area contributed by atoms with Crippen LogP contribution in [0.25, 0.3) is 22.4 Å². The molecule has 194 valence electrons. The molecule has 1 aromatic heterocycles. The van der Waals surface area contributed by atoms with E-state index in [4.69, 9.17) is 4.74 Å². The van der Waals surface area contributed by atoms with Crippen LogP contribution in [0.4, 0.5) is 13.2 Å². The van der Waals surface area contributed by atoms with Gasteiger partial charge in [-0.15, -0.1) is 0 Å². The van der Waals surface area contributed by atoms with Gasteiger partial charge in [0.15, 0.2) is 11.6 Å². The molecule has 0 saturated heterocycles. The zero-order valence-electron chi connectivity index (χ0n) is 21.5. The van der Waals surface area contributed by atoms with Gasteiger partial charge in [0.25, 0.3) is 0 Å². The fraction of sp³-hybridized carbons (Fsp3) is 0.452. The zero-order valence-corrected chi connectivity index (χ0v) is 21.5. The summed E-state index contributed by atoms with van der Waals surface area (Å²) in [7, 11) is 0. The van der Waals surface area contributed by atoms with E-state index in [1.807, 2.05) is 13.0 Å². The highest BCUT2D eigenvalue weighted by Crippen LogP contribution is 2.30. The molecular formula is C31H38F3NO. The van der Waals surface area contributed by atoms with Gasteiger partial charge in [0.2, 0.25) is 5.82 Å². The van der Waals surface area contributed by atoms with Gasteiger partial charge < -0.3 is 4.74 Å². The van der Waals surface area contributed by atoms with E-state index in [2.05, 4.69) is 36.2 Å². The third-order valence-electron chi connectivity index (χ3n) is 6.48. The van der Waals surface area contributed by atoms with Crippen LogP contribution in [-0.4, -0.2) is 17.8 Å². The van der Waals surface area contributed by atoms with Crippen LogP contribution in [0.3, 0.4) is 0 Å². The highest BCUT2D eigenvalue weighted by atomic mass is 19.2. The van der Waals surface area contributed by atoms with Crippen molar-refractivity contribution in [1.29, 1.82) is 0 Å². The minimum absolute atomic E-state index is 0.0459. The molecule has 0 radical (unpaired) electrons. The van der Waals surface area contributed by atoms with Crippen molar-refractivity contribution < 1.29 is 17.9 Å². The molecule has 3 aromatic rings. The first-order valence-electron chi connectivity index (χ1n) is 13.3. The number of alkyl halides is 1. The standard InChI is InChI=1S/C31H38F3NO/c1-3-5-7-8-10-11-23-13-15-24(16-14-23)25-17-19-28(35-21-25)27-18-20-29(31(34)30(27)33)36-22-26(32)12-9-6-4-2/h13-21,26H,3-12,22H2,1-2H3. The molecule has 0 N–H and O–H groups in total. The Morgan fingerprint density at radius 1 is 0.750 bits per heavy atom. The molecule has 0 fully saturated rings. The highest BCUT2D eigenvalue weighted by Gasteiger charge is 2.18. The molecule has 2 aromatic carbocycles. The molecule has 2 nitrogen and oxygen atoms in total. The van der Waals surface area contributed by atoms with Crippen LogP contribution >= 0.6 is 0 Å². The van der Waals surface area contributed by atoms with Crippen LogP contribution in [0.5, 0.6) is 5.75 Å². The van der Waals surface area contributed by atoms with Crippen molar-refractivity contribution in [2.45, 2.75) is 84.2 Å². The summed E-state index contributed by atoms with van der Waals surface area (Å²) in [6.45, 7) is 3.98. The minimum atomic E-state index is -1.20. The lowest BCUT2D eigenvalue weighted by molar-refractivity contribution is 0.178. The van der Waals surface area contributed by atoms with E-state index >= 15 is 0 Å². The van der Waals surface area contributed by atoms with Gasteiger partial charge >= 0.3 is 0 Å². The molecular weight excluding hydrogens is 459 g/mol. The number of hydrogen-bond donors (Lipinski definition) is 0. The number of pyridine rings is 1. The van der Waals surface area contributed by atoms with Crippen LogP contribution in [0, 0.1) is 11.6 Å². The first-order chi connectivity index (χ1) is 17.5. The lowest BCUT2D eigenvalue weighted by Gasteiger charge is -2.13. The van der Waals surface area contributed by atoms with Gasteiger partial charge in [-0.1, -0.05) is 89.1 Å². The topological polar surface area (TPSA) is 22.1 Å². The number of rotatable bonds is 15. The van der Waals surface area contributed by atoms with E-state index in [1.54, 1.807) is 12.3 Å². The highest BCUT2D eigenvalue weighted by molar-refractivity contribution is 5.67. The molecule has 36 heavy (non-hydrogen) atoms. The van der Waals surface area contributed by atoms with Crippen LogP contribution in [-0.2, 0) is 6.42 Å². The molecule has 0 aliphatic carbocycles. The Morgan fingerprint density at radius 3 is 2.14 bits per heavy atom. The normalized spacial score (nSPS) is 12.0. The second-order valence-corrected chi connectivity index (χ2v) is 9.44. The second kappa shape index (κ2) is 14.7. The van der Waals surface area contributed by atoms with Crippen molar-refractivity contribution in [1.82, 2.24) is 4.98 Å². The van der Waals surface area contributed by atoms with Crippen molar-refractivity contribution in [2.24, 2.45) is 0 Å². The number of nitrogens with zero attached hydrogens (tertiary/aromatic N) is 1. The van der Waals surface area contributed by atoms with Crippen molar-refractivity contribution in [2.75, 3.05) is 6.61 Å². The Kier molecular flexibility index (Phi) is 11.3. The molecule has 0 aliphatic heterocycles. The first kappa shape index (κ1) is 27.8. The molecule has 5 heteroatoms. The fourth-order valence-electron chi connectivity index (χ4n) is 4.24. The molecule has 0 aliphatic rings. The molecule has 0 amide bonds. The SMILES string of the molecule is CCCCCCCc1ccc(-c2ccc(-c3ccc(OCC(F)CCCCC)c(F)c3F)nc2)cc1. The van der Waals surface area contributed by atoms with Crippen molar-refractivity contribution in [3.63, 3.8) is 0 Å². The van der Waals surface area contributed by atoms with Crippen LogP contribution in [0.2, 0.25) is 0 Å². The third-order valence-corrected chi connectivity index (χ3v) is 6.48. The monoisotopic (exact) mass is 497 g/mol. The Hall–Kier alpha value is -2.82. The van der Waals surface area contributed by atoms with E-state index in [-0.39, 0.29) is 17.9 Å². The zero-order chi connectivity index (χ0) is 25.8. The summed E-state index contributed by atoms with van der Waals surface area (Å²) < 4.78 is 48.5. The number of ether oxygens (including phenoxy) is 1.